The van der Waals surface area contributed by atoms with E-state index in [1.807, 2.05) is 0 Å². The van der Waals surface area contributed by atoms with Crippen molar-refractivity contribution < 1.29 is 9.26 Å². The van der Waals surface area contributed by atoms with Gasteiger partial charge in [0.2, 0.25) is 11.8 Å². The van der Waals surface area contributed by atoms with Crippen molar-refractivity contribution in [3.63, 3.8) is 0 Å². The molecule has 5 heterocycles. The average molecular weight is 584 g/mol. The highest BCUT2D eigenvalue weighted by atomic mass is 32.1. The van der Waals surface area contributed by atoms with Crippen molar-refractivity contribution in [1.82, 2.24) is 30.0 Å². The molecular weight excluding hydrogens is 550 g/mol. The zero-order chi connectivity index (χ0) is 28.8. The van der Waals surface area contributed by atoms with E-state index in [2.05, 4.69) is 45.4 Å². The Balaban J connectivity index is 1.31. The monoisotopic (exact) mass is 583 g/mol. The number of nitrogen functional groups attached to an aromatic ring is 1. The van der Waals surface area contributed by atoms with Gasteiger partial charge in [0, 0.05) is 34.9 Å². The third-order valence-corrected chi connectivity index (χ3v) is 10.1. The molecule has 1 saturated heterocycles. The van der Waals surface area contributed by atoms with Crippen molar-refractivity contribution in [1.29, 1.82) is 5.26 Å². The van der Waals surface area contributed by atoms with Gasteiger partial charge in [-0.15, -0.1) is 11.3 Å². The first-order chi connectivity index (χ1) is 20.5. The van der Waals surface area contributed by atoms with E-state index in [1.165, 1.54) is 16.2 Å². The van der Waals surface area contributed by atoms with E-state index < -0.39 is 5.41 Å². The highest BCUT2D eigenvalue weighted by Gasteiger charge is 2.48. The number of anilines is 3. The number of ether oxygens (including phenoxy) is 1. The smallest absolute Gasteiger partial charge is 0.228 e. The fraction of sp³-hybridized carbons (Fsp3) is 0.467. The van der Waals surface area contributed by atoms with Crippen molar-refractivity contribution in [2.24, 2.45) is 0 Å². The summed E-state index contributed by atoms with van der Waals surface area (Å²) in [5.74, 6) is 2.61. The normalized spacial score (nSPS) is 22.4. The molecule has 0 bridgehead atoms. The zero-order valence-corrected chi connectivity index (χ0v) is 24.6. The van der Waals surface area contributed by atoms with Crippen LogP contribution in [0.1, 0.15) is 72.8 Å². The molecule has 2 aliphatic carbocycles. The Morgan fingerprint density at radius 2 is 2.02 bits per heavy atom. The summed E-state index contributed by atoms with van der Waals surface area (Å²) in [5, 5.41) is 18.4. The first-order valence-electron chi connectivity index (χ1n) is 14.6. The third kappa shape index (κ3) is 4.48. The van der Waals surface area contributed by atoms with E-state index in [0.717, 1.165) is 74.8 Å². The molecule has 3 N–H and O–H groups in total. The fourth-order valence-electron chi connectivity index (χ4n) is 7.15. The number of nitrogens with zero attached hydrogens (tertiary/aromatic N) is 7. The molecule has 0 unspecified atom stereocenters. The number of nitrogens with one attached hydrogen (secondary N) is 1. The lowest BCUT2D eigenvalue weighted by Gasteiger charge is -2.39. The molecule has 1 fully saturated rings. The Morgan fingerprint density at radius 3 is 2.79 bits per heavy atom. The van der Waals surface area contributed by atoms with Crippen molar-refractivity contribution in [2.75, 3.05) is 24.6 Å². The number of thiophene rings is 1. The third-order valence-electron chi connectivity index (χ3n) is 9.00. The predicted octanol–water partition coefficient (Wildman–Crippen LogP) is 5.00. The van der Waals surface area contributed by atoms with Crippen molar-refractivity contribution in [2.45, 2.75) is 75.9 Å². The van der Waals surface area contributed by atoms with Crippen LogP contribution in [0, 0.1) is 11.3 Å². The number of nitrogens with two attached hydrogens (primary N) is 1. The van der Waals surface area contributed by atoms with Crippen LogP contribution in [0.4, 0.5) is 16.8 Å². The quantitative estimate of drug-likeness (QED) is 0.315. The average Bonchev–Trinajstić information content (AvgIpc) is 3.70. The van der Waals surface area contributed by atoms with Crippen LogP contribution >= 0.6 is 11.3 Å². The summed E-state index contributed by atoms with van der Waals surface area (Å²) in [7, 11) is 2.13. The van der Waals surface area contributed by atoms with E-state index >= 15 is 0 Å². The number of likely N-dealkylation sites (N-methyl/N-ethyl adjacent to an activating group) is 1. The molecule has 216 valence electrons. The maximum atomic E-state index is 10.0. The minimum Gasteiger partial charge on any atom is -0.473 e. The summed E-state index contributed by atoms with van der Waals surface area (Å²) in [6.07, 6.45) is 10.9. The van der Waals surface area contributed by atoms with Crippen molar-refractivity contribution in [3.8, 4) is 23.5 Å². The number of nitriles is 1. The van der Waals surface area contributed by atoms with Gasteiger partial charge in [-0.25, -0.2) is 15.0 Å². The number of aryl methyl sites for hydroxylation is 1. The Hall–Kier alpha value is -4.08. The minimum absolute atomic E-state index is 0.0651. The van der Waals surface area contributed by atoms with Crippen molar-refractivity contribution in [3.05, 3.63) is 51.9 Å². The molecular formula is C30H33N9O2S. The van der Waals surface area contributed by atoms with E-state index in [0.29, 0.717) is 45.8 Å². The van der Waals surface area contributed by atoms with Crippen LogP contribution in [0.15, 0.2) is 29.0 Å². The number of likely N-dealkylation sites (tertiary alicyclic amines) is 1. The minimum atomic E-state index is -0.416. The van der Waals surface area contributed by atoms with Crippen LogP contribution in [0.2, 0.25) is 0 Å². The van der Waals surface area contributed by atoms with Gasteiger partial charge < -0.3 is 20.3 Å². The Bertz CT molecular complexity index is 1660. The van der Waals surface area contributed by atoms with Crippen LogP contribution in [0.5, 0.6) is 5.88 Å². The summed E-state index contributed by atoms with van der Waals surface area (Å²) in [4.78, 5) is 21.8. The molecule has 1 aliphatic heterocycles. The van der Waals surface area contributed by atoms with Gasteiger partial charge >= 0.3 is 0 Å². The molecule has 12 heteroatoms. The second-order valence-electron chi connectivity index (χ2n) is 11.5. The van der Waals surface area contributed by atoms with Gasteiger partial charge in [-0.1, -0.05) is 5.16 Å². The number of rotatable bonds is 6. The van der Waals surface area contributed by atoms with E-state index in [-0.39, 0.29) is 6.10 Å². The summed E-state index contributed by atoms with van der Waals surface area (Å²) < 4.78 is 12.6. The van der Waals surface area contributed by atoms with E-state index in [1.54, 1.807) is 24.5 Å². The lowest BCUT2D eigenvalue weighted by Crippen LogP contribution is -2.38. The highest BCUT2D eigenvalue weighted by Crippen LogP contribution is 2.55. The van der Waals surface area contributed by atoms with Crippen LogP contribution < -0.4 is 15.8 Å². The van der Waals surface area contributed by atoms with Crippen LogP contribution in [-0.4, -0.2) is 55.7 Å². The topological polar surface area (TPSA) is 152 Å². The molecule has 1 spiro atoms. The number of hydrogen-bond acceptors (Lipinski definition) is 12. The lowest BCUT2D eigenvalue weighted by molar-refractivity contribution is 0.117. The molecule has 11 nitrogen and oxygen atoms in total. The zero-order valence-electron chi connectivity index (χ0n) is 23.8. The Kier molecular flexibility index (Phi) is 6.79. The fourth-order valence-corrected chi connectivity index (χ4v) is 8.31. The van der Waals surface area contributed by atoms with Gasteiger partial charge in [0.05, 0.1) is 11.0 Å². The molecule has 3 aliphatic rings. The van der Waals surface area contributed by atoms with Gasteiger partial charge in [0.25, 0.3) is 0 Å². The first-order valence-corrected chi connectivity index (χ1v) is 15.4. The van der Waals surface area contributed by atoms with Gasteiger partial charge in [-0.2, -0.15) is 10.2 Å². The molecule has 42 heavy (non-hydrogen) atoms. The molecule has 4 aromatic rings. The van der Waals surface area contributed by atoms with Gasteiger partial charge in [-0.05, 0) is 83.5 Å². The summed E-state index contributed by atoms with van der Waals surface area (Å²) in [6.45, 7) is 3.15. The molecule has 4 aromatic heterocycles. The second-order valence-corrected chi connectivity index (χ2v) is 12.6. The van der Waals surface area contributed by atoms with Crippen LogP contribution in [0.3, 0.4) is 0 Å². The number of hydrogen-bond donors (Lipinski definition) is 2. The maximum absolute atomic E-state index is 10.0. The van der Waals surface area contributed by atoms with Gasteiger partial charge in [0.1, 0.15) is 23.0 Å². The highest BCUT2D eigenvalue weighted by molar-refractivity contribution is 7.16. The first kappa shape index (κ1) is 26.8. The Labute approximate surface area is 248 Å². The standard InChI is InChI=1S/C30H33N9O2S/c1-17(20-8-5-14-39(20)2)40-23-15-22(36-29-33-12-6-13-34-29)35-28(37-23)25-18-7-3-10-30(26(18)41-38-25)11-4-9-21-24(30)19(16-31)27(32)42-21/h6,12-13,15,17,20H,3-5,7-11,14,32H2,1-2H3,(H,33,34,35,36,37)/t17-,20-,30-/m0/s1. The summed E-state index contributed by atoms with van der Waals surface area (Å²) in [5.41, 5.74) is 9.13. The van der Waals surface area contributed by atoms with Crippen molar-refractivity contribution >= 4 is 28.1 Å². The molecule has 0 aromatic carbocycles. The lowest BCUT2D eigenvalue weighted by atomic mass is 9.63. The number of aromatic nitrogens is 5. The van der Waals surface area contributed by atoms with E-state index in [4.69, 9.17) is 25.0 Å². The van der Waals surface area contributed by atoms with E-state index in [9.17, 15) is 5.26 Å². The molecule has 0 radical (unpaired) electrons. The second kappa shape index (κ2) is 10.6. The van der Waals surface area contributed by atoms with Crippen LogP contribution in [0.25, 0.3) is 11.5 Å². The summed E-state index contributed by atoms with van der Waals surface area (Å²) in [6, 6.07) is 6.23. The number of fused-ring (bicyclic) bond motifs is 4. The van der Waals surface area contributed by atoms with Gasteiger partial charge in [0.15, 0.2) is 17.3 Å². The Morgan fingerprint density at radius 1 is 1.21 bits per heavy atom. The molecule has 7 rings (SSSR count). The molecule has 0 amide bonds. The van der Waals surface area contributed by atoms with Gasteiger partial charge in [-0.3, -0.25) is 4.90 Å². The molecule has 3 atom stereocenters. The SMILES string of the molecule is C[C@H](Oc1cc(Nc2ncccn2)nc(-c2noc3c2CCC[C@@]32CCCc3sc(N)c(C#N)c32)n1)[C@@H]1CCCN1C. The van der Waals surface area contributed by atoms with Crippen LogP contribution in [-0.2, 0) is 18.3 Å². The largest absolute Gasteiger partial charge is 0.473 e. The molecule has 0 saturated carbocycles. The maximum Gasteiger partial charge on any atom is 0.228 e. The predicted molar refractivity (Wildman–Crippen MR) is 159 cm³/mol. The summed E-state index contributed by atoms with van der Waals surface area (Å²) >= 11 is 1.54.